The highest BCUT2D eigenvalue weighted by Crippen LogP contribution is 2.53. The molecule has 4 aliphatic rings. The second-order valence-electron chi connectivity index (χ2n) is 17.7. The van der Waals surface area contributed by atoms with Gasteiger partial charge >= 0.3 is 0 Å². The fraction of sp³-hybridized carbons (Fsp3) is 0.241. The number of benzene rings is 4. The smallest absolute Gasteiger partial charge is 0.0737 e. The summed E-state index contributed by atoms with van der Waals surface area (Å²) >= 11 is 0. The van der Waals surface area contributed by atoms with E-state index in [0.29, 0.717) is 11.8 Å². The number of aromatic nitrogens is 4. The molecule has 5 heterocycles. The number of nitrogens with zero attached hydrogens (tertiary/aromatic N) is 2. The number of hydrogen-bond donors (Lipinski definition) is 2. The van der Waals surface area contributed by atoms with Gasteiger partial charge in [-0.15, -0.1) is 0 Å². The first-order valence-electron chi connectivity index (χ1n) is 23.2. The highest BCUT2D eigenvalue weighted by molar-refractivity contribution is 5.98. The minimum atomic E-state index is 0.343. The summed E-state index contributed by atoms with van der Waals surface area (Å²) in [5, 5.41) is 0. The maximum absolute atomic E-state index is 5.40. The molecular weight excluding hydrogens is 753 g/mol. The maximum Gasteiger partial charge on any atom is 0.0737 e. The SMILES string of the molecule is CCCCCCC1c2ccccc2-c2cccc(-c3c4nc(cc5ccc([nH]5)c(-c5cccc6c5C(CCCCCC)c5ccccc5-6)c5nc(cc6ccc3[nH]6)C=C5)C=C4)c21. The molecule has 62 heavy (non-hydrogen) atoms. The van der Waals surface area contributed by atoms with Crippen LogP contribution in [0.15, 0.2) is 121 Å². The Kier molecular flexibility index (Phi) is 10.2. The second kappa shape index (κ2) is 16.4. The van der Waals surface area contributed by atoms with E-state index in [0.717, 1.165) is 68.8 Å². The van der Waals surface area contributed by atoms with E-state index in [1.165, 1.54) is 107 Å². The number of H-pyrrole nitrogens is 2. The summed E-state index contributed by atoms with van der Waals surface area (Å²) in [6, 6.07) is 45.2. The fourth-order valence-corrected chi connectivity index (χ4v) is 11.0. The minimum Gasteiger partial charge on any atom is -0.355 e. The lowest BCUT2D eigenvalue weighted by atomic mass is 9.85. The lowest BCUT2D eigenvalue weighted by Gasteiger charge is -2.18. The third kappa shape index (κ3) is 6.77. The molecule has 0 radical (unpaired) electrons. The molecule has 7 aromatic rings. The van der Waals surface area contributed by atoms with Crippen LogP contribution in [0.2, 0.25) is 0 Å². The van der Waals surface area contributed by atoms with E-state index in [1.807, 2.05) is 0 Å². The summed E-state index contributed by atoms with van der Waals surface area (Å²) in [5.41, 5.74) is 24.0. The molecule has 11 rings (SSSR count). The van der Waals surface area contributed by atoms with E-state index in [9.17, 15) is 0 Å². The number of hydrogen-bond acceptors (Lipinski definition) is 2. The lowest BCUT2D eigenvalue weighted by Crippen LogP contribution is -2.00. The van der Waals surface area contributed by atoms with Crippen molar-refractivity contribution in [2.24, 2.45) is 0 Å². The Labute approximate surface area is 365 Å². The molecule has 2 unspecified atom stereocenters. The fourth-order valence-electron chi connectivity index (χ4n) is 11.0. The van der Waals surface area contributed by atoms with Crippen LogP contribution in [-0.2, 0) is 0 Å². The molecule has 2 atom stereocenters. The zero-order valence-electron chi connectivity index (χ0n) is 36.0. The van der Waals surface area contributed by atoms with Gasteiger partial charge in [-0.3, -0.25) is 0 Å². The highest BCUT2D eigenvalue weighted by atomic mass is 14.8. The van der Waals surface area contributed by atoms with E-state index in [-0.39, 0.29) is 0 Å². The largest absolute Gasteiger partial charge is 0.355 e. The number of unbranched alkanes of at least 4 members (excludes halogenated alkanes) is 6. The van der Waals surface area contributed by atoms with Gasteiger partial charge in [-0.1, -0.05) is 150 Å². The standard InChI is InChI=1S/C58H54N4/c1-3-5-7-9-21-45-41-17-11-13-19-43(41)47-23-15-25-49(55(45)47)57-51-31-27-37(59-51)35-39-29-33-53(61-39)58(54-34-30-40(62-54)36-38-28-32-52(57)60-38)50-26-16-24-48-44-20-14-12-18-42(44)46(56(48)50)22-10-8-6-4-2/h11-20,23-36,45-46,59,62H,3-10,21-22H2,1-2H3. The van der Waals surface area contributed by atoms with E-state index in [1.54, 1.807) is 0 Å². The number of rotatable bonds is 12. The molecule has 0 saturated carbocycles. The van der Waals surface area contributed by atoms with Crippen molar-refractivity contribution in [3.8, 4) is 44.5 Å². The molecule has 0 spiro atoms. The van der Waals surface area contributed by atoms with Crippen molar-refractivity contribution in [1.29, 1.82) is 0 Å². The van der Waals surface area contributed by atoms with Crippen molar-refractivity contribution in [1.82, 2.24) is 19.9 Å². The monoisotopic (exact) mass is 806 g/mol. The van der Waals surface area contributed by atoms with Crippen LogP contribution in [0, 0.1) is 0 Å². The average molecular weight is 807 g/mol. The van der Waals surface area contributed by atoms with E-state index in [4.69, 9.17) is 9.97 Å². The topological polar surface area (TPSA) is 57.4 Å². The van der Waals surface area contributed by atoms with Crippen LogP contribution in [0.4, 0.5) is 0 Å². The quantitative estimate of drug-likeness (QED) is 0.121. The first-order valence-corrected chi connectivity index (χ1v) is 23.2. The molecule has 4 nitrogen and oxygen atoms in total. The molecule has 306 valence electrons. The molecule has 2 aliphatic carbocycles. The number of aromatic amines is 2. The van der Waals surface area contributed by atoms with Crippen LogP contribution >= 0.6 is 0 Å². The van der Waals surface area contributed by atoms with Crippen molar-refractivity contribution in [2.75, 3.05) is 0 Å². The lowest BCUT2D eigenvalue weighted by molar-refractivity contribution is 0.602. The van der Waals surface area contributed by atoms with Crippen molar-refractivity contribution in [2.45, 2.75) is 89.9 Å². The summed E-state index contributed by atoms with van der Waals surface area (Å²) in [4.78, 5) is 18.5. The van der Waals surface area contributed by atoms with Gasteiger partial charge in [0.25, 0.3) is 0 Å². The van der Waals surface area contributed by atoms with E-state index >= 15 is 0 Å². The van der Waals surface area contributed by atoms with Gasteiger partial charge in [-0.05, 0) is 129 Å². The Morgan fingerprint density at radius 1 is 0.419 bits per heavy atom. The summed E-state index contributed by atoms with van der Waals surface area (Å²) in [5.74, 6) is 0.686. The molecule has 4 heteroatoms. The molecule has 2 aliphatic heterocycles. The highest BCUT2D eigenvalue weighted by Gasteiger charge is 2.33. The van der Waals surface area contributed by atoms with Crippen LogP contribution < -0.4 is 0 Å². The minimum absolute atomic E-state index is 0.343. The molecular formula is C58H54N4. The van der Waals surface area contributed by atoms with E-state index < -0.39 is 0 Å². The van der Waals surface area contributed by atoms with Crippen molar-refractivity contribution < 1.29 is 0 Å². The molecule has 2 N–H and O–H groups in total. The number of fused-ring (bicyclic) bond motifs is 14. The first kappa shape index (κ1) is 38.4. The molecule has 0 saturated heterocycles. The zero-order chi connectivity index (χ0) is 41.6. The molecule has 0 amide bonds. The van der Waals surface area contributed by atoms with E-state index in [2.05, 4.69) is 169 Å². The zero-order valence-corrected chi connectivity index (χ0v) is 36.0. The Hall–Kier alpha value is -6.52. The van der Waals surface area contributed by atoms with Crippen molar-refractivity contribution in [3.05, 3.63) is 166 Å². The average Bonchev–Trinajstić information content (AvgIpc) is 4.18. The second-order valence-corrected chi connectivity index (χ2v) is 17.7. The summed E-state index contributed by atoms with van der Waals surface area (Å²) < 4.78 is 0. The van der Waals surface area contributed by atoms with Gasteiger partial charge in [-0.25, -0.2) is 9.97 Å². The predicted molar refractivity (Wildman–Crippen MR) is 262 cm³/mol. The van der Waals surface area contributed by atoms with Crippen molar-refractivity contribution in [3.63, 3.8) is 0 Å². The third-order valence-corrected chi connectivity index (χ3v) is 13.8. The van der Waals surface area contributed by atoms with Gasteiger partial charge in [0, 0.05) is 45.0 Å². The van der Waals surface area contributed by atoms with Gasteiger partial charge in [0.2, 0.25) is 0 Å². The summed E-state index contributed by atoms with van der Waals surface area (Å²) in [6.45, 7) is 4.59. The maximum atomic E-state index is 5.40. The first-order chi connectivity index (χ1) is 30.7. The predicted octanol–water partition coefficient (Wildman–Crippen LogP) is 16.2. The Bertz CT molecular complexity index is 2870. The molecule has 4 aromatic carbocycles. The molecule has 3 aromatic heterocycles. The van der Waals surface area contributed by atoms with Crippen molar-refractivity contribution >= 4 is 46.4 Å². The van der Waals surface area contributed by atoms with Crippen LogP contribution in [-0.4, -0.2) is 19.9 Å². The van der Waals surface area contributed by atoms with Gasteiger partial charge in [0.05, 0.1) is 22.8 Å². The van der Waals surface area contributed by atoms with Gasteiger partial charge in [-0.2, -0.15) is 0 Å². The third-order valence-electron chi connectivity index (χ3n) is 13.8. The molecule has 0 fully saturated rings. The van der Waals surface area contributed by atoms with Gasteiger partial charge in [0.15, 0.2) is 0 Å². The summed E-state index contributed by atoms with van der Waals surface area (Å²) in [6.07, 6.45) is 21.0. The summed E-state index contributed by atoms with van der Waals surface area (Å²) in [7, 11) is 0. The normalized spacial score (nSPS) is 15.5. The Morgan fingerprint density at radius 3 is 1.32 bits per heavy atom. The Morgan fingerprint density at radius 2 is 0.855 bits per heavy atom. The van der Waals surface area contributed by atoms with Crippen LogP contribution in [0.25, 0.3) is 90.9 Å². The van der Waals surface area contributed by atoms with Crippen LogP contribution in [0.1, 0.15) is 135 Å². The number of nitrogens with one attached hydrogen (secondary N) is 2. The van der Waals surface area contributed by atoms with Crippen LogP contribution in [0.5, 0.6) is 0 Å². The van der Waals surface area contributed by atoms with Gasteiger partial charge in [0.1, 0.15) is 0 Å². The molecule has 8 bridgehead atoms. The van der Waals surface area contributed by atoms with Crippen LogP contribution in [0.3, 0.4) is 0 Å². The Balaban J connectivity index is 1.10. The van der Waals surface area contributed by atoms with Gasteiger partial charge < -0.3 is 9.97 Å².